The van der Waals surface area contributed by atoms with Gasteiger partial charge in [0.2, 0.25) is 0 Å². The molecule has 0 aromatic heterocycles. The van der Waals surface area contributed by atoms with Crippen molar-refractivity contribution in [3.8, 4) is 11.5 Å². The monoisotopic (exact) mass is 886 g/mol. The zero-order valence-electron chi connectivity index (χ0n) is 37.9. The third kappa shape index (κ3) is 19.9. The first-order chi connectivity index (χ1) is 30.4. The molecule has 0 unspecified atom stereocenters. The van der Waals surface area contributed by atoms with Gasteiger partial charge in [-0.3, -0.25) is 29.0 Å². The first-order valence-corrected chi connectivity index (χ1v) is 22.2. The minimum atomic E-state index is -0.588. The maximum absolute atomic E-state index is 13.7. The highest BCUT2D eigenvalue weighted by Crippen LogP contribution is 2.26. The summed E-state index contributed by atoms with van der Waals surface area (Å²) in [5.41, 5.74) is 0.328. The molecule has 18 nitrogen and oxygen atoms in total. The van der Waals surface area contributed by atoms with Crippen LogP contribution in [0, 0.1) is 0 Å². The molecule has 0 radical (unpaired) electrons. The van der Waals surface area contributed by atoms with Gasteiger partial charge in [-0.05, 0) is 57.9 Å². The fourth-order valence-electron chi connectivity index (χ4n) is 6.30. The van der Waals surface area contributed by atoms with E-state index in [1.54, 1.807) is 57.2 Å². The maximum atomic E-state index is 13.7. The van der Waals surface area contributed by atoms with Crippen LogP contribution in [0.25, 0.3) is 0 Å². The fourth-order valence-corrected chi connectivity index (χ4v) is 6.30. The van der Waals surface area contributed by atoms with Gasteiger partial charge in [0, 0.05) is 72.0 Å². The molecule has 5 amide bonds. The van der Waals surface area contributed by atoms with Crippen molar-refractivity contribution in [2.45, 2.75) is 65.9 Å². The second-order valence-corrected chi connectivity index (χ2v) is 15.9. The molecule has 0 fully saturated rings. The van der Waals surface area contributed by atoms with Crippen molar-refractivity contribution in [1.82, 2.24) is 36.4 Å². The minimum Gasteiger partial charge on any atom is -0.492 e. The van der Waals surface area contributed by atoms with Gasteiger partial charge in [-0.15, -0.1) is 0 Å². The molecule has 0 atom stereocenters. The summed E-state index contributed by atoms with van der Waals surface area (Å²) < 4.78 is 28.8. The molecule has 3 rings (SSSR count). The first kappa shape index (κ1) is 52.3. The lowest BCUT2D eigenvalue weighted by Crippen LogP contribution is -2.41. The number of carbonyl (C=O) groups is 5. The van der Waals surface area contributed by atoms with Crippen LogP contribution in [-0.2, 0) is 14.2 Å². The van der Waals surface area contributed by atoms with Crippen molar-refractivity contribution in [2.24, 2.45) is 0 Å². The zero-order chi connectivity index (χ0) is 45.9. The maximum Gasteiger partial charge on any atom is 0.407 e. The lowest BCUT2D eigenvalue weighted by molar-refractivity contribution is 0.0346. The number of aliphatic hydroxyl groups is 1. The Balaban J connectivity index is 1.79. The van der Waals surface area contributed by atoms with E-state index >= 15 is 0 Å². The van der Waals surface area contributed by atoms with E-state index in [4.69, 9.17) is 23.7 Å². The molecule has 2 aromatic rings. The van der Waals surface area contributed by atoms with Crippen LogP contribution in [0.2, 0.25) is 0 Å². The number of nitrogens with one attached hydrogen (secondary N) is 5. The summed E-state index contributed by atoms with van der Waals surface area (Å²) >= 11 is 0. The van der Waals surface area contributed by atoms with E-state index in [1.165, 1.54) is 0 Å². The summed E-state index contributed by atoms with van der Waals surface area (Å²) in [6.45, 7) is 14.7. The molecule has 63 heavy (non-hydrogen) atoms. The van der Waals surface area contributed by atoms with Gasteiger partial charge in [0.15, 0.2) is 0 Å². The van der Waals surface area contributed by atoms with Gasteiger partial charge in [0.25, 0.3) is 23.6 Å². The number of fused-ring (bicyclic) bond motifs is 4. The van der Waals surface area contributed by atoms with Crippen LogP contribution in [0.15, 0.2) is 36.4 Å². The third-order valence-corrected chi connectivity index (χ3v) is 9.61. The Hall–Kier alpha value is -5.01. The fraction of sp³-hybridized carbons (Fsp3) is 0.622. The van der Waals surface area contributed by atoms with E-state index in [0.717, 1.165) is 25.7 Å². The summed E-state index contributed by atoms with van der Waals surface area (Å²) in [5.74, 6) is -1.23. The summed E-state index contributed by atoms with van der Waals surface area (Å²) in [7, 11) is 0. The van der Waals surface area contributed by atoms with Gasteiger partial charge >= 0.3 is 6.09 Å². The van der Waals surface area contributed by atoms with E-state index in [1.807, 2.05) is 23.6 Å². The first-order valence-electron chi connectivity index (χ1n) is 22.2. The molecule has 6 N–H and O–H groups in total. The summed E-state index contributed by atoms with van der Waals surface area (Å²) in [5, 5.41) is 24.2. The molecule has 352 valence electrons. The standard InChI is InChI=1S/C45H71N7O11/c1-6-8-28-61-38-34-12-10-14-36(38)42(56)48-18-23-52(26-31-60-33-32-59-30-20-50-44(58)63-45(3,4)5)24-19-49-43(57)37-15-11-13-35(39(37)62-29-9-7-2)41(55)47-17-22-51(25-27-53)21-16-46-40(34)54/h10-15,53H,6-9,16-33H2,1-5H3,(H,46,54)(H,47,55)(H,48,56)(H,49,57)(H,50,58). The van der Waals surface area contributed by atoms with Crippen molar-refractivity contribution in [2.75, 3.05) is 118 Å². The summed E-state index contributed by atoms with van der Waals surface area (Å²) in [6.07, 6.45) is 2.66. The molecular formula is C45H71N7O11. The average Bonchev–Trinajstić information content (AvgIpc) is 3.24. The molecule has 1 aliphatic rings. The number of alkyl carbamates (subject to hydrolysis) is 1. The number of hydrogen-bond acceptors (Lipinski definition) is 13. The van der Waals surface area contributed by atoms with Crippen molar-refractivity contribution in [1.29, 1.82) is 0 Å². The van der Waals surface area contributed by atoms with Gasteiger partial charge < -0.3 is 55.4 Å². The largest absolute Gasteiger partial charge is 0.492 e. The van der Waals surface area contributed by atoms with Gasteiger partial charge in [-0.2, -0.15) is 0 Å². The summed E-state index contributed by atoms with van der Waals surface area (Å²) in [6, 6.07) is 9.78. The van der Waals surface area contributed by atoms with Crippen molar-refractivity contribution < 1.29 is 52.8 Å². The van der Waals surface area contributed by atoms with Crippen LogP contribution in [0.5, 0.6) is 11.5 Å². The number of ether oxygens (including phenoxy) is 5. The van der Waals surface area contributed by atoms with Gasteiger partial charge in [-0.1, -0.05) is 38.8 Å². The minimum absolute atomic E-state index is 0.124. The highest BCUT2D eigenvalue weighted by Gasteiger charge is 2.23. The predicted molar refractivity (Wildman–Crippen MR) is 239 cm³/mol. The molecule has 0 aliphatic carbocycles. The molecule has 4 bridgehead atoms. The Labute approximate surface area is 372 Å². The number of benzene rings is 2. The van der Waals surface area contributed by atoms with Crippen LogP contribution in [0.3, 0.4) is 0 Å². The average molecular weight is 886 g/mol. The molecule has 2 aromatic carbocycles. The number of nitrogens with zero attached hydrogens (tertiary/aromatic N) is 2. The number of rotatable bonds is 19. The SMILES string of the molecule is CCCCOc1c2cccc1C(=O)NCCN(CCOCCOCCNC(=O)OC(C)(C)C)CCNC(=O)c1cccc(c1OCCCC)C(=O)NCCN(CCO)CCNC2=O. The number of carbonyl (C=O) groups excluding carboxylic acids is 5. The smallest absolute Gasteiger partial charge is 0.407 e. The van der Waals surface area contributed by atoms with Gasteiger partial charge in [0.1, 0.15) is 17.1 Å². The highest BCUT2D eigenvalue weighted by atomic mass is 16.6. The molecule has 0 saturated heterocycles. The second-order valence-electron chi connectivity index (χ2n) is 15.9. The van der Waals surface area contributed by atoms with E-state index in [2.05, 4.69) is 26.6 Å². The third-order valence-electron chi connectivity index (χ3n) is 9.61. The van der Waals surface area contributed by atoms with Crippen LogP contribution in [-0.4, -0.2) is 168 Å². The highest BCUT2D eigenvalue weighted by molar-refractivity contribution is 6.05. The number of unbranched alkanes of at least 4 members (excludes halogenated alkanes) is 2. The van der Waals surface area contributed by atoms with Crippen LogP contribution < -0.4 is 36.1 Å². The topological polar surface area (TPSA) is 218 Å². The Kier molecular flexibility index (Phi) is 24.4. The lowest BCUT2D eigenvalue weighted by Gasteiger charge is -2.24. The molecule has 18 heteroatoms. The zero-order valence-corrected chi connectivity index (χ0v) is 37.9. The van der Waals surface area contributed by atoms with Crippen molar-refractivity contribution >= 4 is 29.7 Å². The summed E-state index contributed by atoms with van der Waals surface area (Å²) in [4.78, 5) is 70.3. The van der Waals surface area contributed by atoms with Crippen LogP contribution >= 0.6 is 0 Å². The van der Waals surface area contributed by atoms with E-state index in [-0.39, 0.29) is 73.1 Å². The number of β-amino-alcohol motifs (C(OH)–C–C–N with tert-alkyl or cyclic N) is 1. The van der Waals surface area contributed by atoms with Crippen molar-refractivity contribution in [3.05, 3.63) is 58.7 Å². The van der Waals surface area contributed by atoms with Crippen LogP contribution in [0.1, 0.15) is 102 Å². The second kappa shape index (κ2) is 29.4. The lowest BCUT2D eigenvalue weighted by atomic mass is 10.1. The van der Waals surface area contributed by atoms with E-state index in [0.29, 0.717) is 78.8 Å². The Morgan fingerprint density at radius 3 is 1.40 bits per heavy atom. The number of aliphatic hydroxyl groups excluding tert-OH is 1. The molecule has 1 heterocycles. The normalized spacial score (nSPS) is 15.6. The van der Waals surface area contributed by atoms with Gasteiger partial charge in [0.05, 0.1) is 68.5 Å². The molecule has 0 spiro atoms. The van der Waals surface area contributed by atoms with Crippen molar-refractivity contribution in [3.63, 3.8) is 0 Å². The predicted octanol–water partition coefficient (Wildman–Crippen LogP) is 2.83. The molecular weight excluding hydrogens is 815 g/mol. The van der Waals surface area contributed by atoms with Crippen LogP contribution in [0.4, 0.5) is 4.79 Å². The Morgan fingerprint density at radius 1 is 0.619 bits per heavy atom. The van der Waals surface area contributed by atoms with Gasteiger partial charge in [-0.25, -0.2) is 4.79 Å². The quantitative estimate of drug-likeness (QED) is 0.112. The van der Waals surface area contributed by atoms with E-state index in [9.17, 15) is 29.1 Å². The number of para-hydroxylation sites is 2. The molecule has 1 aliphatic heterocycles. The molecule has 0 saturated carbocycles. The Bertz CT molecular complexity index is 1630. The number of amides is 5. The number of hydrogen-bond donors (Lipinski definition) is 6. The van der Waals surface area contributed by atoms with E-state index < -0.39 is 35.3 Å². The Morgan fingerprint density at radius 2 is 1.02 bits per heavy atom.